The second-order valence-electron chi connectivity index (χ2n) is 9.27. The first-order chi connectivity index (χ1) is 15.2. The van der Waals surface area contributed by atoms with E-state index >= 15 is 0 Å². The van der Waals surface area contributed by atoms with Gasteiger partial charge in [-0.3, -0.25) is 4.79 Å². The van der Waals surface area contributed by atoms with Crippen molar-refractivity contribution in [3.8, 4) is 0 Å². The topological polar surface area (TPSA) is 40.5 Å². The number of allylic oxidation sites excluding steroid dienone is 1. The van der Waals surface area contributed by atoms with Gasteiger partial charge in [0.05, 0.1) is 17.6 Å². The Balaban J connectivity index is 2.22. The summed E-state index contributed by atoms with van der Waals surface area (Å²) in [5, 5.41) is 11.6. The van der Waals surface area contributed by atoms with Gasteiger partial charge in [-0.05, 0) is 68.0 Å². The van der Waals surface area contributed by atoms with Crippen molar-refractivity contribution in [3.63, 3.8) is 0 Å². The van der Waals surface area contributed by atoms with Crippen molar-refractivity contribution in [1.82, 2.24) is 4.90 Å². The first kappa shape index (κ1) is 24.8. The molecule has 0 bridgehead atoms. The van der Waals surface area contributed by atoms with Crippen molar-refractivity contribution < 1.29 is 9.90 Å². The third kappa shape index (κ3) is 5.22. The number of hydrogen-bond acceptors (Lipinski definition) is 2. The van der Waals surface area contributed by atoms with E-state index in [9.17, 15) is 9.90 Å². The average Bonchev–Trinajstić information content (AvgIpc) is 2.75. The predicted molar refractivity (Wildman–Crippen MR) is 133 cm³/mol. The van der Waals surface area contributed by atoms with E-state index in [1.165, 1.54) is 0 Å². The maximum atomic E-state index is 14.1. The van der Waals surface area contributed by atoms with E-state index in [4.69, 9.17) is 23.2 Å². The Morgan fingerprint density at radius 2 is 1.88 bits per heavy atom. The number of amides is 1. The summed E-state index contributed by atoms with van der Waals surface area (Å²) in [5.74, 6) is 0.156. The maximum Gasteiger partial charge on any atom is 0.229 e. The highest BCUT2D eigenvalue weighted by Crippen LogP contribution is 2.52. The fourth-order valence-corrected chi connectivity index (χ4v) is 5.48. The van der Waals surface area contributed by atoms with Gasteiger partial charge in [-0.25, -0.2) is 0 Å². The van der Waals surface area contributed by atoms with E-state index in [2.05, 4.69) is 19.6 Å². The Hall–Kier alpha value is -1.81. The molecule has 0 aliphatic carbocycles. The summed E-state index contributed by atoms with van der Waals surface area (Å²) in [6.07, 6.45) is 3.90. The number of aliphatic hydroxyl groups excluding tert-OH is 1. The number of halogens is 2. The van der Waals surface area contributed by atoms with E-state index < -0.39 is 11.5 Å². The molecule has 1 N–H and O–H groups in total. The van der Waals surface area contributed by atoms with Crippen molar-refractivity contribution in [2.24, 2.45) is 5.41 Å². The molecule has 1 amide bonds. The highest BCUT2D eigenvalue weighted by atomic mass is 35.5. The van der Waals surface area contributed by atoms with Crippen LogP contribution < -0.4 is 0 Å². The van der Waals surface area contributed by atoms with Crippen molar-refractivity contribution in [3.05, 3.63) is 82.4 Å². The van der Waals surface area contributed by atoms with Gasteiger partial charge in [0.15, 0.2) is 0 Å². The van der Waals surface area contributed by atoms with Gasteiger partial charge in [0.1, 0.15) is 0 Å². The Kier molecular flexibility index (Phi) is 8.08. The zero-order valence-electron chi connectivity index (χ0n) is 19.1. The lowest BCUT2D eigenvalue weighted by Crippen LogP contribution is -2.55. The van der Waals surface area contributed by atoms with Crippen molar-refractivity contribution in [2.75, 3.05) is 0 Å². The molecule has 5 atom stereocenters. The van der Waals surface area contributed by atoms with Gasteiger partial charge < -0.3 is 10.0 Å². The zero-order valence-corrected chi connectivity index (χ0v) is 20.6. The number of hydrogen-bond donors (Lipinski definition) is 1. The van der Waals surface area contributed by atoms with Crippen LogP contribution in [0, 0.1) is 5.41 Å². The fourth-order valence-electron chi connectivity index (χ4n) is 5.16. The molecule has 1 aliphatic heterocycles. The van der Waals surface area contributed by atoms with Crippen LogP contribution in [0.3, 0.4) is 0 Å². The lowest BCUT2D eigenvalue weighted by atomic mass is 9.67. The summed E-state index contributed by atoms with van der Waals surface area (Å²) in [5.41, 5.74) is 1.57. The van der Waals surface area contributed by atoms with Crippen LogP contribution in [0.1, 0.15) is 69.5 Å². The Labute approximate surface area is 202 Å². The summed E-state index contributed by atoms with van der Waals surface area (Å²) in [6, 6.07) is 15.4. The number of benzene rings is 2. The fraction of sp³-hybridized carbons (Fsp3) is 0.444. The molecule has 3 rings (SSSR count). The number of piperidine rings is 1. The van der Waals surface area contributed by atoms with Crippen LogP contribution in [0.25, 0.3) is 0 Å². The number of rotatable bonds is 8. The number of carbonyl (C=O) groups excluding carboxylic acids is 1. The first-order valence-electron chi connectivity index (χ1n) is 11.3. The summed E-state index contributed by atoms with van der Waals surface area (Å²) in [6.45, 7) is 9.82. The molecular formula is C27H33Cl2NO2. The van der Waals surface area contributed by atoms with Crippen LogP contribution in [-0.4, -0.2) is 28.1 Å². The van der Waals surface area contributed by atoms with E-state index in [1.54, 1.807) is 6.92 Å². The van der Waals surface area contributed by atoms with Gasteiger partial charge in [-0.1, -0.05) is 67.4 Å². The van der Waals surface area contributed by atoms with Crippen LogP contribution in [-0.2, 0) is 4.79 Å². The van der Waals surface area contributed by atoms with Gasteiger partial charge in [0, 0.05) is 22.0 Å². The molecule has 1 unspecified atom stereocenters. The van der Waals surface area contributed by atoms with Gasteiger partial charge in [-0.15, -0.1) is 6.58 Å². The molecule has 172 valence electrons. The summed E-state index contributed by atoms with van der Waals surface area (Å²) >= 11 is 12.6. The largest absolute Gasteiger partial charge is 0.393 e. The second-order valence-corrected chi connectivity index (χ2v) is 10.1. The zero-order chi connectivity index (χ0) is 23.5. The average molecular weight is 474 g/mol. The van der Waals surface area contributed by atoms with E-state index in [0.717, 1.165) is 17.5 Å². The lowest BCUT2D eigenvalue weighted by Gasteiger charge is -2.52. The van der Waals surface area contributed by atoms with E-state index in [0.29, 0.717) is 29.3 Å². The second kappa shape index (κ2) is 10.4. The predicted octanol–water partition coefficient (Wildman–Crippen LogP) is 7.18. The molecule has 0 aromatic heterocycles. The van der Waals surface area contributed by atoms with Crippen molar-refractivity contribution >= 4 is 29.1 Å². The van der Waals surface area contributed by atoms with Crippen LogP contribution in [0.15, 0.2) is 61.2 Å². The summed E-state index contributed by atoms with van der Waals surface area (Å²) < 4.78 is 0. The van der Waals surface area contributed by atoms with Crippen molar-refractivity contribution in [2.45, 2.75) is 70.6 Å². The van der Waals surface area contributed by atoms with Crippen LogP contribution in [0.4, 0.5) is 0 Å². The lowest BCUT2D eigenvalue weighted by molar-refractivity contribution is -0.155. The molecule has 0 radical (unpaired) electrons. The van der Waals surface area contributed by atoms with Crippen LogP contribution >= 0.6 is 23.2 Å². The normalized spacial score (nSPS) is 25.4. The SMILES string of the molecule is C=CC[C@@]1(C)C[C@H](c2cccc(Cl)c2)C(c2ccc(Cl)cc2)N([C@@H](CC)C[C@H](C)O)C1=O. The molecule has 1 heterocycles. The third-order valence-corrected chi connectivity index (χ3v) is 7.15. The minimum Gasteiger partial charge on any atom is -0.393 e. The molecular weight excluding hydrogens is 441 g/mol. The molecule has 0 saturated carbocycles. The number of nitrogens with zero attached hydrogens (tertiary/aromatic N) is 1. The number of aliphatic hydroxyl groups is 1. The Bertz CT molecular complexity index is 943. The highest BCUT2D eigenvalue weighted by Gasteiger charge is 2.50. The van der Waals surface area contributed by atoms with E-state index in [-0.39, 0.29) is 23.9 Å². The van der Waals surface area contributed by atoms with E-state index in [1.807, 2.05) is 60.4 Å². The first-order valence-corrected chi connectivity index (χ1v) is 12.1. The molecule has 2 aromatic carbocycles. The molecule has 2 aromatic rings. The van der Waals surface area contributed by atoms with Gasteiger partial charge in [0.2, 0.25) is 5.91 Å². The smallest absolute Gasteiger partial charge is 0.229 e. The van der Waals surface area contributed by atoms with Crippen molar-refractivity contribution in [1.29, 1.82) is 0 Å². The molecule has 1 fully saturated rings. The molecule has 3 nitrogen and oxygen atoms in total. The molecule has 5 heteroatoms. The highest BCUT2D eigenvalue weighted by molar-refractivity contribution is 6.30. The minimum absolute atomic E-state index is 0.0422. The van der Waals surface area contributed by atoms with Gasteiger partial charge in [0.25, 0.3) is 0 Å². The number of likely N-dealkylation sites (tertiary alicyclic amines) is 1. The molecule has 1 saturated heterocycles. The third-order valence-electron chi connectivity index (χ3n) is 6.66. The van der Waals surface area contributed by atoms with Gasteiger partial charge in [-0.2, -0.15) is 0 Å². The minimum atomic E-state index is -0.580. The molecule has 0 spiro atoms. The summed E-state index contributed by atoms with van der Waals surface area (Å²) in [7, 11) is 0. The number of carbonyl (C=O) groups is 1. The Morgan fingerprint density at radius 3 is 2.44 bits per heavy atom. The monoisotopic (exact) mass is 473 g/mol. The Morgan fingerprint density at radius 1 is 1.19 bits per heavy atom. The van der Waals surface area contributed by atoms with Crippen LogP contribution in [0.5, 0.6) is 0 Å². The quantitative estimate of drug-likeness (QED) is 0.412. The standard InChI is InChI=1S/C27H33Cl2NO2/c1-5-14-27(4)17-24(20-8-7-9-22(29)16-20)25(19-10-12-21(28)13-11-19)30(26(27)32)23(6-2)15-18(3)31/h5,7-13,16,18,23-25,31H,1,6,14-15,17H2,2-4H3/t18-,23-,24+,25?,27-/m0/s1. The molecule has 32 heavy (non-hydrogen) atoms. The summed E-state index contributed by atoms with van der Waals surface area (Å²) in [4.78, 5) is 16.1. The maximum absolute atomic E-state index is 14.1. The van der Waals surface area contributed by atoms with Crippen LogP contribution in [0.2, 0.25) is 10.0 Å². The van der Waals surface area contributed by atoms with Gasteiger partial charge >= 0.3 is 0 Å². The molecule has 1 aliphatic rings.